The van der Waals surface area contributed by atoms with Gasteiger partial charge in [-0.05, 0) is 61.4 Å². The molecule has 0 nitrogen and oxygen atoms in total. The highest BCUT2D eigenvalue weighted by Gasteiger charge is 2.21. The summed E-state index contributed by atoms with van der Waals surface area (Å²) in [7, 11) is 2.79. The van der Waals surface area contributed by atoms with Crippen LogP contribution < -0.4 is 0 Å². The molecule has 88 valence electrons. The molecule has 0 bridgehead atoms. The molecule has 0 amide bonds. The van der Waals surface area contributed by atoms with Crippen molar-refractivity contribution in [2.75, 3.05) is 6.16 Å². The van der Waals surface area contributed by atoms with Crippen LogP contribution >= 0.6 is 9.24 Å². The van der Waals surface area contributed by atoms with Gasteiger partial charge >= 0.3 is 0 Å². The molecule has 1 fully saturated rings. The third kappa shape index (κ3) is 2.60. The van der Waals surface area contributed by atoms with E-state index in [2.05, 4.69) is 9.24 Å². The molecule has 0 radical (unpaired) electrons. The third-order valence-electron chi connectivity index (χ3n) is 3.60. The highest BCUT2D eigenvalue weighted by molar-refractivity contribution is 7.16. The Labute approximate surface area is 97.6 Å². The van der Waals surface area contributed by atoms with Crippen LogP contribution in [0.4, 0.5) is 8.78 Å². The predicted octanol–water partition coefficient (Wildman–Crippen LogP) is 4.11. The van der Waals surface area contributed by atoms with Crippen molar-refractivity contribution in [2.45, 2.75) is 31.6 Å². The molecule has 1 saturated carbocycles. The fraction of sp³-hybridized carbons (Fsp3) is 0.538. The van der Waals surface area contributed by atoms with E-state index in [1.165, 1.54) is 25.0 Å². The zero-order valence-corrected chi connectivity index (χ0v) is 10.4. The summed E-state index contributed by atoms with van der Waals surface area (Å²) in [6.07, 6.45) is 5.76. The molecule has 1 aromatic carbocycles. The van der Waals surface area contributed by atoms with Crippen molar-refractivity contribution < 1.29 is 8.78 Å². The first-order chi connectivity index (χ1) is 7.70. The van der Waals surface area contributed by atoms with Gasteiger partial charge in [0.15, 0.2) is 11.6 Å². The van der Waals surface area contributed by atoms with Crippen molar-refractivity contribution in [1.29, 1.82) is 0 Å². The maximum atomic E-state index is 13.1. The second-order valence-electron chi connectivity index (χ2n) is 4.63. The van der Waals surface area contributed by atoms with Gasteiger partial charge in [-0.3, -0.25) is 0 Å². The van der Waals surface area contributed by atoms with E-state index in [0.717, 1.165) is 30.5 Å². The Balaban J connectivity index is 2.05. The van der Waals surface area contributed by atoms with Crippen molar-refractivity contribution in [3.63, 3.8) is 0 Å². The van der Waals surface area contributed by atoms with E-state index < -0.39 is 11.6 Å². The van der Waals surface area contributed by atoms with Gasteiger partial charge in [-0.25, -0.2) is 8.78 Å². The molecular formula is C13H17F2P. The van der Waals surface area contributed by atoms with Gasteiger partial charge < -0.3 is 0 Å². The number of halogens is 2. The van der Waals surface area contributed by atoms with E-state index in [9.17, 15) is 8.78 Å². The van der Waals surface area contributed by atoms with Gasteiger partial charge in [0, 0.05) is 0 Å². The van der Waals surface area contributed by atoms with Gasteiger partial charge in [-0.2, -0.15) is 0 Å². The summed E-state index contributed by atoms with van der Waals surface area (Å²) in [4.78, 5) is 0. The topological polar surface area (TPSA) is 0 Å². The van der Waals surface area contributed by atoms with E-state index in [0.29, 0.717) is 5.92 Å². The Bertz CT molecular complexity index is 357. The van der Waals surface area contributed by atoms with Gasteiger partial charge in [0.25, 0.3) is 0 Å². The Kier molecular flexibility index (Phi) is 3.91. The molecule has 0 saturated heterocycles. The Morgan fingerprint density at radius 3 is 2.31 bits per heavy atom. The van der Waals surface area contributed by atoms with E-state index >= 15 is 0 Å². The molecule has 0 aromatic heterocycles. The second-order valence-corrected chi connectivity index (χ2v) is 5.10. The van der Waals surface area contributed by atoms with E-state index in [1.807, 2.05) is 0 Å². The summed E-state index contributed by atoms with van der Waals surface area (Å²) in [6, 6.07) is 4.33. The Hall–Kier alpha value is -0.490. The zero-order valence-electron chi connectivity index (χ0n) is 9.26. The normalized spacial score (nSPS) is 25.7. The molecule has 1 aromatic rings. The van der Waals surface area contributed by atoms with E-state index in [-0.39, 0.29) is 0 Å². The lowest BCUT2D eigenvalue weighted by molar-refractivity contribution is 0.351. The number of hydrogen-bond donors (Lipinski definition) is 0. The quantitative estimate of drug-likeness (QED) is 0.684. The van der Waals surface area contributed by atoms with Crippen LogP contribution in [0.3, 0.4) is 0 Å². The highest BCUT2D eigenvalue weighted by Crippen LogP contribution is 2.36. The monoisotopic (exact) mass is 242 g/mol. The molecule has 1 atom stereocenters. The zero-order chi connectivity index (χ0) is 11.5. The SMILES string of the molecule is Fc1ccc(C2CCC(CP)CC2)cc1F. The molecule has 2 rings (SSSR count). The lowest BCUT2D eigenvalue weighted by Gasteiger charge is -2.28. The van der Waals surface area contributed by atoms with Crippen LogP contribution in [0.1, 0.15) is 37.2 Å². The molecule has 16 heavy (non-hydrogen) atoms. The second kappa shape index (κ2) is 5.23. The summed E-state index contributed by atoms with van der Waals surface area (Å²) < 4.78 is 25.9. The van der Waals surface area contributed by atoms with Crippen molar-refractivity contribution in [1.82, 2.24) is 0 Å². The van der Waals surface area contributed by atoms with Crippen LogP contribution in [-0.2, 0) is 0 Å². The molecule has 1 aliphatic rings. The third-order valence-corrected chi connectivity index (χ3v) is 4.26. The molecule has 0 spiro atoms. The van der Waals surface area contributed by atoms with Crippen LogP contribution in [0.5, 0.6) is 0 Å². The first kappa shape index (κ1) is 12.0. The van der Waals surface area contributed by atoms with Gasteiger partial charge in [0.1, 0.15) is 0 Å². The van der Waals surface area contributed by atoms with Crippen molar-refractivity contribution in [3.8, 4) is 0 Å². The highest BCUT2D eigenvalue weighted by atomic mass is 31.0. The first-order valence-corrected chi connectivity index (χ1v) is 6.67. The Morgan fingerprint density at radius 2 is 1.75 bits per heavy atom. The van der Waals surface area contributed by atoms with E-state index in [4.69, 9.17) is 0 Å². The maximum Gasteiger partial charge on any atom is 0.159 e. The van der Waals surface area contributed by atoms with Gasteiger partial charge in [-0.1, -0.05) is 6.07 Å². The average molecular weight is 242 g/mol. The van der Waals surface area contributed by atoms with Crippen molar-refractivity contribution in [2.24, 2.45) is 5.92 Å². The van der Waals surface area contributed by atoms with Crippen LogP contribution in [0.15, 0.2) is 18.2 Å². The lowest BCUT2D eigenvalue weighted by atomic mass is 9.79. The summed E-state index contributed by atoms with van der Waals surface area (Å²) in [5.41, 5.74) is 0.959. The summed E-state index contributed by atoms with van der Waals surface area (Å²) in [6.45, 7) is 0. The maximum absolute atomic E-state index is 13.1. The Morgan fingerprint density at radius 1 is 1.06 bits per heavy atom. The molecular weight excluding hydrogens is 225 g/mol. The smallest absolute Gasteiger partial charge is 0.159 e. The standard InChI is InChI=1S/C13H17F2P/c14-12-6-5-11(7-13(12)15)10-3-1-9(8-16)2-4-10/h5-7,9-10H,1-4,8,16H2. The molecule has 1 unspecified atom stereocenters. The van der Waals surface area contributed by atoms with Crippen LogP contribution in [0, 0.1) is 17.6 Å². The molecule has 0 N–H and O–H groups in total. The van der Waals surface area contributed by atoms with Gasteiger partial charge in [-0.15, -0.1) is 9.24 Å². The minimum atomic E-state index is -0.748. The van der Waals surface area contributed by atoms with Gasteiger partial charge in [0.2, 0.25) is 0 Å². The fourth-order valence-electron chi connectivity index (χ4n) is 2.50. The molecule has 3 heteroatoms. The van der Waals surface area contributed by atoms with E-state index in [1.54, 1.807) is 6.07 Å². The molecule has 0 aliphatic heterocycles. The number of rotatable bonds is 2. The largest absolute Gasteiger partial charge is 0.204 e. The lowest BCUT2D eigenvalue weighted by Crippen LogP contribution is -2.14. The number of benzene rings is 1. The average Bonchev–Trinajstić information content (AvgIpc) is 2.33. The fourth-order valence-corrected chi connectivity index (χ4v) is 2.97. The van der Waals surface area contributed by atoms with Crippen molar-refractivity contribution in [3.05, 3.63) is 35.4 Å². The van der Waals surface area contributed by atoms with Crippen molar-refractivity contribution >= 4 is 9.24 Å². The summed E-state index contributed by atoms with van der Waals surface area (Å²) in [5.74, 6) is -0.248. The summed E-state index contributed by atoms with van der Waals surface area (Å²) in [5, 5.41) is 0. The molecule has 1 aliphatic carbocycles. The minimum Gasteiger partial charge on any atom is -0.204 e. The first-order valence-electron chi connectivity index (χ1n) is 5.85. The summed E-state index contributed by atoms with van der Waals surface area (Å²) >= 11 is 0. The van der Waals surface area contributed by atoms with Crippen LogP contribution in [0.2, 0.25) is 0 Å². The molecule has 0 heterocycles. The van der Waals surface area contributed by atoms with Gasteiger partial charge in [0.05, 0.1) is 0 Å². The predicted molar refractivity (Wildman–Crippen MR) is 65.6 cm³/mol. The van der Waals surface area contributed by atoms with Crippen LogP contribution in [-0.4, -0.2) is 6.16 Å². The number of hydrogen-bond acceptors (Lipinski definition) is 0. The van der Waals surface area contributed by atoms with Crippen LogP contribution in [0.25, 0.3) is 0 Å². The minimum absolute atomic E-state index is 0.419.